The molecular formula is C10H17NO2. The summed E-state index contributed by atoms with van der Waals surface area (Å²) >= 11 is 0. The van der Waals surface area contributed by atoms with Crippen LogP contribution in [0.3, 0.4) is 0 Å². The van der Waals surface area contributed by atoms with Crippen molar-refractivity contribution in [2.75, 3.05) is 32.8 Å². The Morgan fingerprint density at radius 2 is 2.15 bits per heavy atom. The maximum absolute atomic E-state index is 5.62. The highest BCUT2D eigenvalue weighted by molar-refractivity contribution is 4.91. The Bertz CT molecular complexity index is 197. The number of rotatable bonds is 2. The van der Waals surface area contributed by atoms with Crippen molar-refractivity contribution in [3.8, 4) is 0 Å². The van der Waals surface area contributed by atoms with Crippen molar-refractivity contribution in [3.05, 3.63) is 12.2 Å². The van der Waals surface area contributed by atoms with Crippen molar-refractivity contribution in [3.63, 3.8) is 0 Å². The summed E-state index contributed by atoms with van der Waals surface area (Å²) in [6.07, 6.45) is 5.28. The SMILES string of the molecule is C/C=C/CN1CCC2(C1)OCCO2. The summed E-state index contributed by atoms with van der Waals surface area (Å²) in [5.74, 6) is -0.248. The van der Waals surface area contributed by atoms with Crippen molar-refractivity contribution in [1.82, 2.24) is 4.90 Å². The van der Waals surface area contributed by atoms with Gasteiger partial charge in [0, 0.05) is 19.5 Å². The van der Waals surface area contributed by atoms with Gasteiger partial charge in [0.25, 0.3) is 0 Å². The second-order valence-corrected chi connectivity index (χ2v) is 3.66. The van der Waals surface area contributed by atoms with E-state index in [1.54, 1.807) is 0 Å². The summed E-state index contributed by atoms with van der Waals surface area (Å²) in [5, 5.41) is 0. The summed E-state index contributed by atoms with van der Waals surface area (Å²) in [6, 6.07) is 0. The smallest absolute Gasteiger partial charge is 0.182 e. The third kappa shape index (κ3) is 1.93. The average Bonchev–Trinajstić information content (AvgIpc) is 2.74. The molecule has 74 valence electrons. The zero-order valence-corrected chi connectivity index (χ0v) is 8.16. The molecule has 0 aromatic rings. The van der Waals surface area contributed by atoms with Crippen LogP contribution < -0.4 is 0 Å². The highest BCUT2D eigenvalue weighted by Gasteiger charge is 2.42. The van der Waals surface area contributed by atoms with Crippen LogP contribution in [0.4, 0.5) is 0 Å². The molecule has 0 atom stereocenters. The molecule has 2 aliphatic rings. The highest BCUT2D eigenvalue weighted by atomic mass is 16.7. The first kappa shape index (κ1) is 9.19. The lowest BCUT2D eigenvalue weighted by atomic mass is 10.2. The Hall–Kier alpha value is -0.380. The number of hydrogen-bond acceptors (Lipinski definition) is 3. The molecule has 0 bridgehead atoms. The van der Waals surface area contributed by atoms with Gasteiger partial charge in [0.1, 0.15) is 0 Å². The summed E-state index contributed by atoms with van der Waals surface area (Å²) < 4.78 is 11.2. The lowest BCUT2D eigenvalue weighted by molar-refractivity contribution is -0.144. The van der Waals surface area contributed by atoms with Crippen LogP contribution in [0, 0.1) is 0 Å². The van der Waals surface area contributed by atoms with Crippen molar-refractivity contribution < 1.29 is 9.47 Å². The highest BCUT2D eigenvalue weighted by Crippen LogP contribution is 2.29. The quantitative estimate of drug-likeness (QED) is 0.596. The molecule has 0 aromatic heterocycles. The van der Waals surface area contributed by atoms with Gasteiger partial charge in [-0.1, -0.05) is 12.2 Å². The lowest BCUT2D eigenvalue weighted by Gasteiger charge is -2.21. The first-order valence-electron chi connectivity index (χ1n) is 4.96. The predicted octanol–water partition coefficient (Wildman–Crippen LogP) is 1.01. The van der Waals surface area contributed by atoms with E-state index >= 15 is 0 Å². The fraction of sp³-hybridized carbons (Fsp3) is 0.800. The molecule has 2 fully saturated rings. The Labute approximate surface area is 79.3 Å². The molecular weight excluding hydrogens is 166 g/mol. The van der Waals surface area contributed by atoms with E-state index in [4.69, 9.17) is 9.47 Å². The van der Waals surface area contributed by atoms with Crippen LogP contribution in [0.2, 0.25) is 0 Å². The van der Waals surface area contributed by atoms with Crippen molar-refractivity contribution in [1.29, 1.82) is 0 Å². The molecule has 3 nitrogen and oxygen atoms in total. The molecule has 2 saturated heterocycles. The van der Waals surface area contributed by atoms with E-state index in [0.29, 0.717) is 0 Å². The fourth-order valence-corrected chi connectivity index (χ4v) is 1.97. The van der Waals surface area contributed by atoms with Gasteiger partial charge in [-0.2, -0.15) is 0 Å². The van der Waals surface area contributed by atoms with Gasteiger partial charge in [-0.15, -0.1) is 0 Å². The summed E-state index contributed by atoms with van der Waals surface area (Å²) in [5.41, 5.74) is 0. The zero-order chi connectivity index (χ0) is 9.15. The number of ether oxygens (including phenoxy) is 2. The van der Waals surface area contributed by atoms with Crippen LogP contribution in [0.15, 0.2) is 12.2 Å². The van der Waals surface area contributed by atoms with Crippen molar-refractivity contribution >= 4 is 0 Å². The van der Waals surface area contributed by atoms with Gasteiger partial charge >= 0.3 is 0 Å². The number of hydrogen-bond donors (Lipinski definition) is 0. The van der Waals surface area contributed by atoms with Crippen LogP contribution in [0.1, 0.15) is 13.3 Å². The van der Waals surface area contributed by atoms with Gasteiger partial charge in [0.2, 0.25) is 0 Å². The summed E-state index contributed by atoms with van der Waals surface area (Å²) in [6.45, 7) is 6.61. The van der Waals surface area contributed by atoms with Gasteiger partial charge in [-0.3, -0.25) is 4.90 Å². The molecule has 0 radical (unpaired) electrons. The molecule has 13 heavy (non-hydrogen) atoms. The van der Waals surface area contributed by atoms with E-state index in [2.05, 4.69) is 24.0 Å². The molecule has 0 saturated carbocycles. The van der Waals surface area contributed by atoms with Gasteiger partial charge in [0.15, 0.2) is 5.79 Å². The third-order valence-electron chi connectivity index (χ3n) is 2.69. The largest absolute Gasteiger partial charge is 0.346 e. The number of allylic oxidation sites excluding steroid dienone is 1. The van der Waals surface area contributed by atoms with E-state index in [1.807, 2.05) is 0 Å². The maximum atomic E-state index is 5.62. The first-order chi connectivity index (χ1) is 6.35. The zero-order valence-electron chi connectivity index (χ0n) is 8.16. The molecule has 3 heteroatoms. The monoisotopic (exact) mass is 183 g/mol. The van der Waals surface area contributed by atoms with Crippen molar-refractivity contribution in [2.24, 2.45) is 0 Å². The Balaban J connectivity index is 1.86. The number of likely N-dealkylation sites (tertiary alicyclic amines) is 1. The number of nitrogens with zero attached hydrogens (tertiary/aromatic N) is 1. The minimum atomic E-state index is -0.248. The van der Waals surface area contributed by atoms with Gasteiger partial charge in [0.05, 0.1) is 19.8 Å². The molecule has 0 unspecified atom stereocenters. The third-order valence-corrected chi connectivity index (χ3v) is 2.69. The molecule has 0 aliphatic carbocycles. The maximum Gasteiger partial charge on any atom is 0.182 e. The molecule has 2 aliphatic heterocycles. The minimum absolute atomic E-state index is 0.248. The molecule has 2 rings (SSSR count). The molecule has 1 spiro atoms. The molecule has 0 N–H and O–H groups in total. The Morgan fingerprint density at radius 3 is 2.85 bits per heavy atom. The van der Waals surface area contributed by atoms with Crippen LogP contribution in [0.5, 0.6) is 0 Å². The topological polar surface area (TPSA) is 21.7 Å². The molecule has 0 amide bonds. The standard InChI is InChI=1S/C10H17NO2/c1-2-3-5-11-6-4-10(9-11)12-7-8-13-10/h2-3H,4-9H2,1H3/b3-2+. The first-order valence-corrected chi connectivity index (χ1v) is 4.96. The molecule has 0 aromatic carbocycles. The fourth-order valence-electron chi connectivity index (χ4n) is 1.97. The van der Waals surface area contributed by atoms with Crippen LogP contribution in [0.25, 0.3) is 0 Å². The van der Waals surface area contributed by atoms with Gasteiger partial charge in [-0.25, -0.2) is 0 Å². The van der Waals surface area contributed by atoms with Gasteiger partial charge in [-0.05, 0) is 6.92 Å². The van der Waals surface area contributed by atoms with Crippen molar-refractivity contribution in [2.45, 2.75) is 19.1 Å². The van der Waals surface area contributed by atoms with Crippen LogP contribution in [-0.2, 0) is 9.47 Å². The second-order valence-electron chi connectivity index (χ2n) is 3.66. The van der Waals surface area contributed by atoms with E-state index in [1.165, 1.54) is 0 Å². The minimum Gasteiger partial charge on any atom is -0.346 e. The average molecular weight is 183 g/mol. The van der Waals surface area contributed by atoms with Gasteiger partial charge < -0.3 is 9.47 Å². The van der Waals surface area contributed by atoms with E-state index in [-0.39, 0.29) is 5.79 Å². The van der Waals surface area contributed by atoms with Crippen LogP contribution >= 0.6 is 0 Å². The van der Waals surface area contributed by atoms with E-state index in [0.717, 1.165) is 39.3 Å². The molecule has 2 heterocycles. The normalized spacial score (nSPS) is 28.1. The Kier molecular flexibility index (Phi) is 2.67. The van der Waals surface area contributed by atoms with E-state index < -0.39 is 0 Å². The second kappa shape index (κ2) is 3.78. The Morgan fingerprint density at radius 1 is 1.38 bits per heavy atom. The summed E-state index contributed by atoms with van der Waals surface area (Å²) in [7, 11) is 0. The predicted molar refractivity (Wildman–Crippen MR) is 50.5 cm³/mol. The summed E-state index contributed by atoms with van der Waals surface area (Å²) in [4.78, 5) is 2.37. The van der Waals surface area contributed by atoms with Crippen LogP contribution in [-0.4, -0.2) is 43.5 Å². The lowest BCUT2D eigenvalue weighted by Crippen LogP contribution is -2.34. The van der Waals surface area contributed by atoms with E-state index in [9.17, 15) is 0 Å².